The molecule has 2 aromatic carbocycles. The molecule has 0 bridgehead atoms. The Balaban J connectivity index is 1.25. The lowest BCUT2D eigenvalue weighted by Gasteiger charge is -2.42. The maximum atomic E-state index is 12.1. The van der Waals surface area contributed by atoms with Crippen LogP contribution < -0.4 is 30.7 Å². The van der Waals surface area contributed by atoms with Crippen LogP contribution in [-0.4, -0.2) is 80.6 Å². The molecule has 2 amide bonds. The van der Waals surface area contributed by atoms with Gasteiger partial charge in [-0.1, -0.05) is 11.6 Å². The first-order valence-corrected chi connectivity index (χ1v) is 16.2. The van der Waals surface area contributed by atoms with Crippen LogP contribution in [0.1, 0.15) is 43.7 Å². The maximum Gasteiger partial charge on any atom is 0.231 e. The van der Waals surface area contributed by atoms with Gasteiger partial charge in [0.15, 0.2) is 5.82 Å². The van der Waals surface area contributed by atoms with Crippen LogP contribution in [0.3, 0.4) is 0 Å². The van der Waals surface area contributed by atoms with E-state index in [1.807, 2.05) is 43.4 Å². The van der Waals surface area contributed by atoms with E-state index in [1.54, 1.807) is 32.2 Å². The van der Waals surface area contributed by atoms with Crippen LogP contribution in [-0.2, 0) is 20.8 Å². The summed E-state index contributed by atoms with van der Waals surface area (Å²) in [6.45, 7) is 3.00. The lowest BCUT2D eigenvalue weighted by atomic mass is 9.91. The first kappa shape index (κ1) is 33.6. The van der Waals surface area contributed by atoms with Crippen LogP contribution >= 0.6 is 11.6 Å². The van der Waals surface area contributed by atoms with E-state index in [9.17, 15) is 14.4 Å². The molecule has 3 atom stereocenters. The number of rotatable bonds is 12. The number of carbonyl (C=O) groups is 3. The summed E-state index contributed by atoms with van der Waals surface area (Å²) in [7, 11) is 7.15. The van der Waals surface area contributed by atoms with Gasteiger partial charge in [0, 0.05) is 81.6 Å². The van der Waals surface area contributed by atoms with Crippen LogP contribution in [0.15, 0.2) is 42.6 Å². The van der Waals surface area contributed by atoms with E-state index in [0.717, 1.165) is 54.0 Å². The first-order chi connectivity index (χ1) is 22.5. The van der Waals surface area contributed by atoms with Crippen molar-refractivity contribution >= 4 is 69.9 Å². The average molecular weight is 660 g/mol. The van der Waals surface area contributed by atoms with Crippen molar-refractivity contribution in [3.8, 4) is 0 Å². The third kappa shape index (κ3) is 7.17. The summed E-state index contributed by atoms with van der Waals surface area (Å²) >= 11 is 6.50. The smallest absolute Gasteiger partial charge is 0.231 e. The SMILES string of the molecule is CNC(=O)CCC(C=O)C(=N)c1ccc(N2CCC(N(C)c3ncc(Cl)c(Nc4ccc5c(c4)CC(=O)N5C)n3)CC2C)cc1NC. The number of nitrogens with zero attached hydrogens (tertiary/aromatic N) is 5. The van der Waals surface area contributed by atoms with E-state index in [0.29, 0.717) is 28.8 Å². The zero-order valence-electron chi connectivity index (χ0n) is 27.4. The molecule has 5 rings (SSSR count). The number of piperidine rings is 1. The predicted molar refractivity (Wildman–Crippen MR) is 188 cm³/mol. The Morgan fingerprint density at radius 1 is 1.23 bits per heavy atom. The van der Waals surface area contributed by atoms with E-state index >= 15 is 0 Å². The molecule has 3 unspecified atom stereocenters. The molecule has 0 aliphatic carbocycles. The number of aldehydes is 1. The Labute approximate surface area is 280 Å². The van der Waals surface area contributed by atoms with Crippen LogP contribution in [0.5, 0.6) is 0 Å². The summed E-state index contributed by atoms with van der Waals surface area (Å²) in [6, 6.07) is 12.1. The molecule has 0 saturated carbocycles. The van der Waals surface area contributed by atoms with Crippen molar-refractivity contribution in [2.45, 2.75) is 51.1 Å². The van der Waals surface area contributed by atoms with Gasteiger partial charge in [-0.2, -0.15) is 4.98 Å². The molecule has 3 aromatic rings. The van der Waals surface area contributed by atoms with Gasteiger partial charge in [0.25, 0.3) is 0 Å². The standard InChI is InChI=1S/C34H42ClN9O3/c1-20-14-24(12-13-44(20)25-8-9-26(28(17-25)37-2)32(36)21(19-45)6-11-30(46)38-3)42(4)34-39-18-27(35)33(41-34)40-23-7-10-29-22(15-23)16-31(47)43(29)5/h7-10,15,17-21,24,36-37H,6,11-14,16H2,1-5H3,(H,38,46)(H,39,40,41). The Bertz CT molecular complexity index is 1680. The number of halogens is 1. The third-order valence-electron chi connectivity index (χ3n) is 9.25. The number of hydrogen-bond acceptors (Lipinski definition) is 10. The number of hydrogen-bond donors (Lipinski definition) is 4. The molecule has 2 aliphatic rings. The molecule has 3 heterocycles. The summed E-state index contributed by atoms with van der Waals surface area (Å²) in [5.74, 6) is 0.323. The summed E-state index contributed by atoms with van der Waals surface area (Å²) < 4.78 is 0. The highest BCUT2D eigenvalue weighted by Crippen LogP contribution is 2.34. The van der Waals surface area contributed by atoms with Crippen molar-refractivity contribution < 1.29 is 14.4 Å². The fourth-order valence-corrected chi connectivity index (χ4v) is 6.53. The van der Waals surface area contributed by atoms with E-state index < -0.39 is 5.92 Å². The molecule has 0 radical (unpaired) electrons. The number of carbonyl (C=O) groups excluding carboxylic acids is 3. The summed E-state index contributed by atoms with van der Waals surface area (Å²) in [5, 5.41) is 18.2. The molecule has 12 nitrogen and oxygen atoms in total. The fourth-order valence-electron chi connectivity index (χ4n) is 6.39. The molecule has 2 aliphatic heterocycles. The molecule has 1 aromatic heterocycles. The first-order valence-electron chi connectivity index (χ1n) is 15.8. The zero-order chi connectivity index (χ0) is 33.8. The number of nitrogens with one attached hydrogen (secondary N) is 4. The third-order valence-corrected chi connectivity index (χ3v) is 9.53. The highest BCUT2D eigenvalue weighted by atomic mass is 35.5. The summed E-state index contributed by atoms with van der Waals surface area (Å²) in [5.41, 5.74) is 5.32. The molecule has 4 N–H and O–H groups in total. The Morgan fingerprint density at radius 3 is 2.72 bits per heavy atom. The van der Waals surface area contributed by atoms with Gasteiger partial charge < -0.3 is 40.9 Å². The molecule has 1 saturated heterocycles. The number of likely N-dealkylation sites (N-methyl/N-ethyl adjacent to an activating group) is 1. The van der Waals surface area contributed by atoms with E-state index in [2.05, 4.69) is 37.7 Å². The van der Waals surface area contributed by atoms with E-state index in [4.69, 9.17) is 22.0 Å². The number of aromatic nitrogens is 2. The van der Waals surface area contributed by atoms with E-state index in [-0.39, 0.29) is 42.5 Å². The second kappa shape index (κ2) is 14.4. The number of amides is 2. The van der Waals surface area contributed by atoms with Crippen molar-refractivity contribution in [2.24, 2.45) is 5.92 Å². The minimum atomic E-state index is -0.664. The monoisotopic (exact) mass is 659 g/mol. The lowest BCUT2D eigenvalue weighted by Crippen LogP contribution is -2.48. The van der Waals surface area contributed by atoms with Crippen molar-refractivity contribution in [1.29, 1.82) is 5.41 Å². The number of fused-ring (bicyclic) bond motifs is 1. The quantitative estimate of drug-likeness (QED) is 0.161. The molecule has 248 valence electrons. The molecule has 1 fully saturated rings. The molecule has 13 heteroatoms. The Hall–Kier alpha value is -4.71. The second-order valence-electron chi connectivity index (χ2n) is 12.1. The van der Waals surface area contributed by atoms with Gasteiger partial charge in [0.1, 0.15) is 11.3 Å². The van der Waals surface area contributed by atoms with Gasteiger partial charge in [-0.05, 0) is 68.1 Å². The summed E-state index contributed by atoms with van der Waals surface area (Å²) in [4.78, 5) is 51.1. The number of benzene rings is 2. The van der Waals surface area contributed by atoms with Gasteiger partial charge in [-0.25, -0.2) is 4.98 Å². The highest BCUT2D eigenvalue weighted by molar-refractivity contribution is 6.33. The lowest BCUT2D eigenvalue weighted by molar-refractivity contribution is -0.121. The van der Waals surface area contributed by atoms with Gasteiger partial charge in [-0.3, -0.25) is 9.59 Å². The predicted octanol–water partition coefficient (Wildman–Crippen LogP) is 4.64. The summed E-state index contributed by atoms with van der Waals surface area (Å²) in [6.07, 6.45) is 4.95. The van der Waals surface area contributed by atoms with E-state index in [1.165, 1.54) is 0 Å². The highest BCUT2D eigenvalue weighted by Gasteiger charge is 2.30. The molecule has 47 heavy (non-hydrogen) atoms. The maximum absolute atomic E-state index is 12.1. The topological polar surface area (TPSA) is 147 Å². The van der Waals surface area contributed by atoms with Crippen molar-refractivity contribution in [3.63, 3.8) is 0 Å². The minimum absolute atomic E-state index is 0.0695. The normalized spacial score (nSPS) is 18.0. The largest absolute Gasteiger partial charge is 0.388 e. The van der Waals surface area contributed by atoms with Crippen molar-refractivity contribution in [3.05, 3.63) is 58.7 Å². The second-order valence-corrected chi connectivity index (χ2v) is 12.6. The van der Waals surface area contributed by atoms with Gasteiger partial charge in [0.2, 0.25) is 17.8 Å². The van der Waals surface area contributed by atoms with Crippen LogP contribution in [0, 0.1) is 11.3 Å². The van der Waals surface area contributed by atoms with Crippen molar-refractivity contribution in [1.82, 2.24) is 15.3 Å². The number of anilines is 6. The fraction of sp³-hybridized carbons (Fsp3) is 0.412. The molecule has 0 spiro atoms. The molecular formula is C34H42ClN9O3. The van der Waals surface area contributed by atoms with Crippen LogP contribution in [0.2, 0.25) is 5.02 Å². The van der Waals surface area contributed by atoms with Gasteiger partial charge in [0.05, 0.1) is 24.2 Å². The van der Waals surface area contributed by atoms with Crippen molar-refractivity contribution in [2.75, 3.05) is 60.1 Å². The minimum Gasteiger partial charge on any atom is -0.388 e. The Morgan fingerprint density at radius 2 is 2.02 bits per heavy atom. The van der Waals surface area contributed by atoms with Crippen LogP contribution in [0.4, 0.5) is 34.5 Å². The van der Waals surface area contributed by atoms with Gasteiger partial charge in [-0.15, -0.1) is 0 Å². The molecular weight excluding hydrogens is 618 g/mol. The zero-order valence-corrected chi connectivity index (χ0v) is 28.2. The Kier molecular flexibility index (Phi) is 10.3. The average Bonchev–Trinajstić information content (AvgIpc) is 3.36. The van der Waals surface area contributed by atoms with Gasteiger partial charge >= 0.3 is 0 Å². The van der Waals surface area contributed by atoms with Crippen LogP contribution in [0.25, 0.3) is 0 Å².